The van der Waals surface area contributed by atoms with Gasteiger partial charge >= 0.3 is 0 Å². The lowest BCUT2D eigenvalue weighted by molar-refractivity contribution is -0.118. The molecule has 0 aromatic heterocycles. The van der Waals surface area contributed by atoms with Gasteiger partial charge in [0.1, 0.15) is 17.7 Å². The first-order valence-electron chi connectivity index (χ1n) is 4.95. The van der Waals surface area contributed by atoms with Gasteiger partial charge in [-0.15, -0.1) is 0 Å². The summed E-state index contributed by atoms with van der Waals surface area (Å²) in [5, 5.41) is 8.68. The van der Waals surface area contributed by atoms with E-state index < -0.39 is 5.82 Å². The first-order valence-corrected chi connectivity index (χ1v) is 4.95. The molecule has 0 aliphatic heterocycles. The van der Waals surface area contributed by atoms with E-state index in [0.717, 1.165) is 6.42 Å². The van der Waals surface area contributed by atoms with E-state index in [9.17, 15) is 9.18 Å². The maximum absolute atomic E-state index is 13.7. The molecule has 0 spiro atoms. The maximum Gasteiger partial charge on any atom is 0.144 e. The Morgan fingerprint density at radius 1 is 1.47 bits per heavy atom. The predicted molar refractivity (Wildman–Crippen MR) is 52.7 cm³/mol. The second-order valence-electron chi connectivity index (χ2n) is 3.73. The van der Waals surface area contributed by atoms with Crippen LogP contribution >= 0.6 is 0 Å². The zero-order valence-corrected chi connectivity index (χ0v) is 8.16. The van der Waals surface area contributed by atoms with E-state index >= 15 is 0 Å². The van der Waals surface area contributed by atoms with Crippen LogP contribution in [0.15, 0.2) is 18.2 Å². The van der Waals surface area contributed by atoms with E-state index in [1.54, 1.807) is 18.2 Å². The first-order chi connectivity index (χ1) is 7.24. The standard InChI is InChI=1S/C12H10FNO/c13-12-8(7-14)3-1-5-10(12)9-4-2-6-11(9)15/h1,3,5,9H,2,4,6H2/t9-/m0/s1. The molecule has 0 bridgehead atoms. The minimum Gasteiger partial charge on any atom is -0.299 e. The molecule has 0 saturated heterocycles. The predicted octanol–water partition coefficient (Wildman–Crippen LogP) is 2.53. The topological polar surface area (TPSA) is 40.9 Å². The monoisotopic (exact) mass is 203 g/mol. The number of hydrogen-bond acceptors (Lipinski definition) is 2. The number of ketones is 1. The molecule has 1 aliphatic carbocycles. The van der Waals surface area contributed by atoms with Gasteiger partial charge in [0, 0.05) is 12.3 Å². The third kappa shape index (κ3) is 1.63. The Hall–Kier alpha value is -1.69. The van der Waals surface area contributed by atoms with Crippen molar-refractivity contribution in [1.29, 1.82) is 5.26 Å². The quantitative estimate of drug-likeness (QED) is 0.703. The minimum absolute atomic E-state index is 0.0206. The first kappa shape index (κ1) is 9.85. The Morgan fingerprint density at radius 3 is 2.87 bits per heavy atom. The number of nitrogens with zero attached hydrogens (tertiary/aromatic N) is 1. The summed E-state index contributed by atoms with van der Waals surface area (Å²) in [6.45, 7) is 0. The van der Waals surface area contributed by atoms with Gasteiger partial charge in [-0.1, -0.05) is 12.1 Å². The average molecular weight is 203 g/mol. The molecular weight excluding hydrogens is 193 g/mol. The number of carbonyl (C=O) groups excluding carboxylic acids is 1. The SMILES string of the molecule is N#Cc1cccc([C@@H]2CCCC2=O)c1F. The van der Waals surface area contributed by atoms with Crippen molar-refractivity contribution in [3.63, 3.8) is 0 Å². The van der Waals surface area contributed by atoms with Crippen molar-refractivity contribution in [2.45, 2.75) is 25.2 Å². The lowest BCUT2D eigenvalue weighted by Crippen LogP contribution is -2.07. The molecule has 1 atom stereocenters. The highest BCUT2D eigenvalue weighted by molar-refractivity contribution is 5.87. The molecule has 1 fully saturated rings. The molecule has 3 heteroatoms. The largest absolute Gasteiger partial charge is 0.299 e. The third-order valence-electron chi connectivity index (χ3n) is 2.83. The fourth-order valence-electron chi connectivity index (χ4n) is 2.05. The van der Waals surface area contributed by atoms with E-state index in [1.165, 1.54) is 6.07 Å². The summed E-state index contributed by atoms with van der Waals surface area (Å²) in [5.41, 5.74) is 0.406. The van der Waals surface area contributed by atoms with Crippen LogP contribution in [0.1, 0.15) is 36.3 Å². The molecule has 15 heavy (non-hydrogen) atoms. The highest BCUT2D eigenvalue weighted by Gasteiger charge is 2.28. The summed E-state index contributed by atoms with van der Waals surface area (Å²) < 4.78 is 13.7. The number of benzene rings is 1. The molecule has 0 heterocycles. The Labute approximate surface area is 87.3 Å². The summed E-state index contributed by atoms with van der Waals surface area (Å²) in [4.78, 5) is 11.5. The Morgan fingerprint density at radius 2 is 2.27 bits per heavy atom. The van der Waals surface area contributed by atoms with E-state index in [1.807, 2.05) is 0 Å². The van der Waals surface area contributed by atoms with Gasteiger partial charge < -0.3 is 0 Å². The zero-order valence-electron chi connectivity index (χ0n) is 8.16. The highest BCUT2D eigenvalue weighted by atomic mass is 19.1. The van der Waals surface area contributed by atoms with Crippen LogP contribution in [0.2, 0.25) is 0 Å². The Balaban J connectivity index is 2.45. The molecule has 1 saturated carbocycles. The van der Waals surface area contributed by atoms with Crippen LogP contribution in [-0.4, -0.2) is 5.78 Å². The molecule has 0 N–H and O–H groups in total. The highest BCUT2D eigenvalue weighted by Crippen LogP contribution is 2.33. The number of carbonyl (C=O) groups is 1. The minimum atomic E-state index is -0.528. The van der Waals surface area contributed by atoms with E-state index in [4.69, 9.17) is 5.26 Å². The van der Waals surface area contributed by atoms with Crippen molar-refractivity contribution in [2.75, 3.05) is 0 Å². The molecule has 2 rings (SSSR count). The molecule has 76 valence electrons. The van der Waals surface area contributed by atoms with Crippen LogP contribution in [0.5, 0.6) is 0 Å². The Kier molecular flexibility index (Phi) is 2.51. The summed E-state index contributed by atoms with van der Waals surface area (Å²) in [5.74, 6) is -0.775. The van der Waals surface area contributed by atoms with Crippen molar-refractivity contribution in [1.82, 2.24) is 0 Å². The number of halogens is 1. The van der Waals surface area contributed by atoms with E-state index in [2.05, 4.69) is 0 Å². The van der Waals surface area contributed by atoms with Crippen molar-refractivity contribution in [2.24, 2.45) is 0 Å². The summed E-state index contributed by atoms with van der Waals surface area (Å²) in [7, 11) is 0. The Bertz CT molecular complexity index is 447. The fourth-order valence-corrected chi connectivity index (χ4v) is 2.05. The summed E-state index contributed by atoms with van der Waals surface area (Å²) >= 11 is 0. The molecule has 1 aliphatic rings. The second kappa shape index (κ2) is 3.82. The van der Waals surface area contributed by atoms with Crippen molar-refractivity contribution in [3.05, 3.63) is 35.1 Å². The summed E-state index contributed by atoms with van der Waals surface area (Å²) in [6, 6.07) is 6.45. The van der Waals surface area contributed by atoms with Gasteiger partial charge in [-0.2, -0.15) is 5.26 Å². The molecule has 1 aromatic rings. The van der Waals surface area contributed by atoms with Crippen LogP contribution in [0.25, 0.3) is 0 Å². The molecule has 1 aromatic carbocycles. The number of hydrogen-bond donors (Lipinski definition) is 0. The molecule has 2 nitrogen and oxygen atoms in total. The summed E-state index contributed by atoms with van der Waals surface area (Å²) in [6.07, 6.45) is 2.05. The normalized spacial score (nSPS) is 20.3. The van der Waals surface area contributed by atoms with Gasteiger partial charge in [0.25, 0.3) is 0 Å². The van der Waals surface area contributed by atoms with Gasteiger partial charge in [-0.05, 0) is 24.5 Å². The number of Topliss-reactive ketones (excluding diaryl/α,β-unsaturated/α-hetero) is 1. The van der Waals surface area contributed by atoms with Crippen LogP contribution in [0.3, 0.4) is 0 Å². The van der Waals surface area contributed by atoms with Gasteiger partial charge in [-0.3, -0.25) is 4.79 Å². The van der Waals surface area contributed by atoms with Crippen LogP contribution in [-0.2, 0) is 4.79 Å². The maximum atomic E-state index is 13.7. The van der Waals surface area contributed by atoms with Crippen LogP contribution < -0.4 is 0 Å². The third-order valence-corrected chi connectivity index (χ3v) is 2.83. The zero-order chi connectivity index (χ0) is 10.8. The van der Waals surface area contributed by atoms with Gasteiger partial charge in [-0.25, -0.2) is 4.39 Å². The van der Waals surface area contributed by atoms with Crippen LogP contribution in [0.4, 0.5) is 4.39 Å². The number of nitriles is 1. The van der Waals surface area contributed by atoms with Crippen LogP contribution in [0, 0.1) is 17.1 Å². The fraction of sp³-hybridized carbons (Fsp3) is 0.333. The molecule has 0 radical (unpaired) electrons. The smallest absolute Gasteiger partial charge is 0.144 e. The molecule has 0 amide bonds. The lowest BCUT2D eigenvalue weighted by atomic mass is 9.94. The van der Waals surface area contributed by atoms with Crippen molar-refractivity contribution < 1.29 is 9.18 Å². The molecule has 0 unspecified atom stereocenters. The van der Waals surface area contributed by atoms with E-state index in [0.29, 0.717) is 18.4 Å². The van der Waals surface area contributed by atoms with Crippen molar-refractivity contribution >= 4 is 5.78 Å². The lowest BCUT2D eigenvalue weighted by Gasteiger charge is -2.09. The van der Waals surface area contributed by atoms with Gasteiger partial charge in [0.05, 0.1) is 5.56 Å². The molecular formula is C12H10FNO. The number of rotatable bonds is 1. The van der Waals surface area contributed by atoms with Crippen molar-refractivity contribution in [3.8, 4) is 6.07 Å². The second-order valence-corrected chi connectivity index (χ2v) is 3.73. The van der Waals surface area contributed by atoms with E-state index in [-0.39, 0.29) is 17.3 Å². The van der Waals surface area contributed by atoms with Gasteiger partial charge in [0.2, 0.25) is 0 Å². The average Bonchev–Trinajstić information content (AvgIpc) is 2.65. The van der Waals surface area contributed by atoms with Gasteiger partial charge in [0.15, 0.2) is 0 Å².